The summed E-state index contributed by atoms with van der Waals surface area (Å²) in [5, 5.41) is 0. The molecule has 140 valence electrons. The van der Waals surface area contributed by atoms with Crippen LogP contribution in [0.2, 0.25) is 0 Å². The highest BCUT2D eigenvalue weighted by Gasteiger charge is 2.12. The summed E-state index contributed by atoms with van der Waals surface area (Å²) in [6.07, 6.45) is 1.60. The van der Waals surface area contributed by atoms with Gasteiger partial charge in [-0.15, -0.1) is 0 Å². The Morgan fingerprint density at radius 1 is 1.04 bits per heavy atom. The number of ether oxygens (including phenoxy) is 2. The lowest BCUT2D eigenvalue weighted by molar-refractivity contribution is 0.354. The number of pyridine rings is 1. The summed E-state index contributed by atoms with van der Waals surface area (Å²) in [5.74, 6) is 0.882. The van der Waals surface area contributed by atoms with E-state index in [1.807, 2.05) is 6.92 Å². The molecule has 0 saturated carbocycles. The van der Waals surface area contributed by atoms with Gasteiger partial charge in [0.1, 0.15) is 5.82 Å². The van der Waals surface area contributed by atoms with E-state index in [1.54, 1.807) is 44.5 Å². The number of nitrogens with zero attached hydrogens (tertiary/aromatic N) is 3. The third kappa shape index (κ3) is 3.97. The number of benzene rings is 1. The van der Waals surface area contributed by atoms with Crippen molar-refractivity contribution in [2.75, 3.05) is 14.2 Å². The van der Waals surface area contributed by atoms with Crippen LogP contribution in [0.3, 0.4) is 0 Å². The molecule has 1 aromatic carbocycles. The molecule has 0 spiro atoms. The van der Waals surface area contributed by atoms with E-state index in [4.69, 9.17) is 9.47 Å². The molecule has 0 unspecified atom stereocenters. The summed E-state index contributed by atoms with van der Waals surface area (Å²) in [4.78, 5) is 20.8. The third-order valence-electron chi connectivity index (χ3n) is 4.10. The molecule has 2 aromatic heterocycles. The lowest BCUT2D eigenvalue weighted by Crippen LogP contribution is -2.23. The average molecular weight is 369 g/mol. The number of methoxy groups -OCH3 is 2. The maximum atomic E-state index is 14.3. The lowest BCUT2D eigenvalue weighted by atomic mass is 10.1. The van der Waals surface area contributed by atoms with E-state index in [1.165, 1.54) is 17.7 Å². The van der Waals surface area contributed by atoms with Gasteiger partial charge in [0, 0.05) is 17.5 Å². The molecular weight excluding hydrogens is 349 g/mol. The van der Waals surface area contributed by atoms with Crippen LogP contribution >= 0.6 is 0 Å². The predicted molar refractivity (Wildman–Crippen MR) is 99.8 cm³/mol. The first-order valence-corrected chi connectivity index (χ1v) is 8.35. The van der Waals surface area contributed by atoms with Crippen molar-refractivity contribution >= 4 is 0 Å². The van der Waals surface area contributed by atoms with Crippen molar-refractivity contribution in [3.63, 3.8) is 0 Å². The van der Waals surface area contributed by atoms with Crippen LogP contribution in [0.5, 0.6) is 11.5 Å². The Balaban J connectivity index is 2.03. The van der Waals surface area contributed by atoms with Gasteiger partial charge in [-0.3, -0.25) is 4.79 Å². The minimum absolute atomic E-state index is 0.187. The van der Waals surface area contributed by atoms with Crippen molar-refractivity contribution in [2.24, 2.45) is 0 Å². The molecule has 0 bridgehead atoms. The van der Waals surface area contributed by atoms with E-state index in [9.17, 15) is 9.18 Å². The number of hydrogen-bond acceptors (Lipinski definition) is 5. The number of hydrogen-bond donors (Lipinski definition) is 0. The minimum atomic E-state index is -0.832. The van der Waals surface area contributed by atoms with Crippen LogP contribution in [0.15, 0.2) is 41.3 Å². The molecule has 27 heavy (non-hydrogen) atoms. The van der Waals surface area contributed by atoms with Gasteiger partial charge in [0.25, 0.3) is 5.56 Å². The van der Waals surface area contributed by atoms with Crippen LogP contribution in [0, 0.1) is 19.7 Å². The summed E-state index contributed by atoms with van der Waals surface area (Å²) < 4.78 is 26.1. The number of rotatable bonds is 5. The Morgan fingerprint density at radius 3 is 2.44 bits per heavy atom. The second kappa shape index (κ2) is 7.57. The maximum absolute atomic E-state index is 14.3. The largest absolute Gasteiger partial charge is 0.493 e. The molecule has 0 aliphatic rings. The first kappa shape index (κ1) is 18.6. The minimum Gasteiger partial charge on any atom is -0.493 e. The normalized spacial score (nSPS) is 10.7. The standard InChI is InChI=1S/C20H20FN3O3/c1-12-7-17(23-13(2)22-12)15-9-16(21)20(25)24(11-15)10-14-5-6-18(26-3)19(8-14)27-4/h5-9,11H,10H2,1-4H3. The Labute approximate surface area is 156 Å². The van der Waals surface area contributed by atoms with E-state index in [2.05, 4.69) is 9.97 Å². The molecule has 0 aliphatic heterocycles. The summed E-state index contributed by atoms with van der Waals surface area (Å²) in [6, 6.07) is 8.27. The van der Waals surface area contributed by atoms with Crippen molar-refractivity contribution < 1.29 is 13.9 Å². The summed E-state index contributed by atoms with van der Waals surface area (Å²) in [7, 11) is 3.08. The van der Waals surface area contributed by atoms with Gasteiger partial charge >= 0.3 is 0 Å². The zero-order valence-electron chi connectivity index (χ0n) is 15.6. The van der Waals surface area contributed by atoms with Gasteiger partial charge in [0.05, 0.1) is 26.5 Å². The van der Waals surface area contributed by atoms with E-state index in [0.29, 0.717) is 28.6 Å². The molecule has 0 amide bonds. The smallest absolute Gasteiger partial charge is 0.286 e. The topological polar surface area (TPSA) is 66.2 Å². The second-order valence-electron chi connectivity index (χ2n) is 6.14. The van der Waals surface area contributed by atoms with E-state index >= 15 is 0 Å². The van der Waals surface area contributed by atoms with E-state index in [-0.39, 0.29) is 6.54 Å². The second-order valence-corrected chi connectivity index (χ2v) is 6.14. The van der Waals surface area contributed by atoms with Crippen molar-refractivity contribution in [1.29, 1.82) is 0 Å². The van der Waals surface area contributed by atoms with Crippen LogP contribution < -0.4 is 15.0 Å². The van der Waals surface area contributed by atoms with Crippen LogP contribution in [0.4, 0.5) is 4.39 Å². The number of aromatic nitrogens is 3. The quantitative estimate of drug-likeness (QED) is 0.691. The summed E-state index contributed by atoms with van der Waals surface area (Å²) in [5.41, 5.74) is 1.94. The van der Waals surface area contributed by atoms with Crippen molar-refractivity contribution in [3.05, 3.63) is 69.8 Å². The van der Waals surface area contributed by atoms with Gasteiger partial charge < -0.3 is 14.0 Å². The SMILES string of the molecule is COc1ccc(Cn2cc(-c3cc(C)nc(C)n3)cc(F)c2=O)cc1OC. The molecule has 0 aliphatic carbocycles. The van der Waals surface area contributed by atoms with E-state index < -0.39 is 11.4 Å². The molecule has 2 heterocycles. The highest BCUT2D eigenvalue weighted by Crippen LogP contribution is 2.28. The van der Waals surface area contributed by atoms with E-state index in [0.717, 1.165) is 11.3 Å². The fraction of sp³-hybridized carbons (Fsp3) is 0.250. The zero-order chi connectivity index (χ0) is 19.6. The molecule has 0 atom stereocenters. The summed E-state index contributed by atoms with van der Waals surface area (Å²) in [6.45, 7) is 3.80. The van der Waals surface area contributed by atoms with Crippen LogP contribution in [0.1, 0.15) is 17.1 Å². The highest BCUT2D eigenvalue weighted by atomic mass is 19.1. The summed E-state index contributed by atoms with van der Waals surface area (Å²) >= 11 is 0. The molecule has 3 aromatic rings. The van der Waals surface area contributed by atoms with Crippen molar-refractivity contribution in [1.82, 2.24) is 14.5 Å². The lowest BCUT2D eigenvalue weighted by Gasteiger charge is -2.12. The van der Waals surface area contributed by atoms with Gasteiger partial charge in [-0.1, -0.05) is 6.07 Å². The third-order valence-corrected chi connectivity index (χ3v) is 4.10. The van der Waals surface area contributed by atoms with Crippen molar-refractivity contribution in [2.45, 2.75) is 20.4 Å². The molecule has 0 saturated heterocycles. The molecule has 0 fully saturated rings. The van der Waals surface area contributed by atoms with Crippen LogP contribution in [-0.2, 0) is 6.54 Å². The molecule has 7 heteroatoms. The molecule has 6 nitrogen and oxygen atoms in total. The Hall–Kier alpha value is -3.22. The van der Waals surface area contributed by atoms with Gasteiger partial charge in [0.2, 0.25) is 0 Å². The molecule has 3 rings (SSSR count). The van der Waals surface area contributed by atoms with Gasteiger partial charge in [-0.05, 0) is 43.7 Å². The van der Waals surface area contributed by atoms with Gasteiger partial charge in [-0.2, -0.15) is 0 Å². The Bertz CT molecular complexity index is 1030. The monoisotopic (exact) mass is 369 g/mol. The molecular formula is C20H20FN3O3. The highest BCUT2D eigenvalue weighted by molar-refractivity contribution is 5.58. The van der Waals surface area contributed by atoms with Gasteiger partial charge in [0.15, 0.2) is 17.3 Å². The average Bonchev–Trinajstić information content (AvgIpc) is 2.64. The first-order chi connectivity index (χ1) is 12.9. The first-order valence-electron chi connectivity index (χ1n) is 8.35. The zero-order valence-corrected chi connectivity index (χ0v) is 15.6. The number of halogens is 1. The molecule has 0 N–H and O–H groups in total. The Kier molecular flexibility index (Phi) is 5.21. The fourth-order valence-electron chi connectivity index (χ4n) is 2.90. The Morgan fingerprint density at radius 2 is 1.78 bits per heavy atom. The van der Waals surface area contributed by atoms with Crippen molar-refractivity contribution in [3.8, 4) is 22.8 Å². The van der Waals surface area contributed by atoms with Gasteiger partial charge in [-0.25, -0.2) is 14.4 Å². The maximum Gasteiger partial charge on any atom is 0.286 e. The van der Waals surface area contributed by atoms with Crippen LogP contribution in [-0.4, -0.2) is 28.8 Å². The fourth-order valence-corrected chi connectivity index (χ4v) is 2.90. The van der Waals surface area contributed by atoms with Crippen LogP contribution in [0.25, 0.3) is 11.3 Å². The predicted octanol–water partition coefficient (Wildman–Crippen LogP) is 3.13. The molecule has 0 radical (unpaired) electrons. The number of aryl methyl sites for hydroxylation is 2.